The van der Waals surface area contributed by atoms with Gasteiger partial charge >= 0.3 is 0 Å². The molecule has 1 aromatic heterocycles. The SMILES string of the molecule is C=[N+]=NC.CC1Cc2ccccc2-c2c(nnn2C)-c2ccccc21.CC1Cc2ccccc2C#Cc2ccccc21. The minimum atomic E-state index is 0.470. The van der Waals surface area contributed by atoms with Gasteiger partial charge in [-0.05, 0) is 59.1 Å². The first-order chi connectivity index (χ1) is 20.5. The maximum Gasteiger partial charge on any atom is 0.295 e. The smallest absolute Gasteiger partial charge is 0.247 e. The highest BCUT2D eigenvalue weighted by Gasteiger charge is 2.24. The Hall–Kier alpha value is -5.04. The van der Waals surface area contributed by atoms with Gasteiger partial charge in [-0.15, -0.1) is 5.10 Å². The number of rotatable bonds is 0. The van der Waals surface area contributed by atoms with Crippen LogP contribution in [0.5, 0.6) is 0 Å². The third-order valence-electron chi connectivity index (χ3n) is 7.88. The van der Waals surface area contributed by atoms with Crippen molar-refractivity contribution in [2.45, 2.75) is 38.5 Å². The Labute approximate surface area is 248 Å². The normalized spacial score (nSPS) is 15.4. The number of hydrogen-bond acceptors (Lipinski definition) is 3. The molecular weight excluding hydrogens is 514 g/mol. The van der Waals surface area contributed by atoms with Crippen LogP contribution in [0.2, 0.25) is 0 Å². The van der Waals surface area contributed by atoms with Crippen molar-refractivity contribution in [1.82, 2.24) is 15.0 Å². The predicted octanol–water partition coefficient (Wildman–Crippen LogP) is 7.53. The standard InChI is InChI=1S/C18H17N3.C17H14.C2H5N2/c1-12-11-13-7-3-4-9-15(13)18-17(19-20-21(18)2)16-10-6-5-8-14(12)16;1-13-12-16-8-3-2-6-14(16)10-11-15-7-4-5-9-17(13)15;1-3-4-2/h3-10,12H,11H2,1-2H3;2-9,13H,12H2,1H3;1H2,2H3/q;;+1. The highest BCUT2D eigenvalue weighted by atomic mass is 15.4. The number of aryl methyl sites for hydroxylation is 1. The summed E-state index contributed by atoms with van der Waals surface area (Å²) in [5, 5.41) is 12.0. The molecule has 7 rings (SSSR count). The fourth-order valence-corrected chi connectivity index (χ4v) is 5.79. The fraction of sp³-hybridized carbons (Fsp3) is 0.216. The number of fused-ring (bicyclic) bond motifs is 7. The van der Waals surface area contributed by atoms with Crippen LogP contribution in [0.15, 0.2) is 102 Å². The molecule has 2 aliphatic carbocycles. The molecule has 0 radical (unpaired) electrons. The fourth-order valence-electron chi connectivity index (χ4n) is 5.79. The lowest BCUT2D eigenvalue weighted by atomic mass is 9.83. The Kier molecular flexibility index (Phi) is 8.87. The highest BCUT2D eigenvalue weighted by molar-refractivity contribution is 5.82. The maximum absolute atomic E-state index is 4.45. The summed E-state index contributed by atoms with van der Waals surface area (Å²) in [7, 11) is 3.54. The van der Waals surface area contributed by atoms with E-state index >= 15 is 0 Å². The van der Waals surface area contributed by atoms with Crippen molar-refractivity contribution in [3.63, 3.8) is 0 Å². The van der Waals surface area contributed by atoms with Gasteiger partial charge in [-0.3, -0.25) is 0 Å². The van der Waals surface area contributed by atoms with Gasteiger partial charge in [0.15, 0.2) is 0 Å². The molecule has 5 heteroatoms. The van der Waals surface area contributed by atoms with Gasteiger partial charge in [0, 0.05) is 34.1 Å². The minimum Gasteiger partial charge on any atom is -0.247 e. The Morgan fingerprint density at radius 1 is 0.738 bits per heavy atom. The summed E-state index contributed by atoms with van der Waals surface area (Å²) < 4.78 is 1.89. The molecule has 1 heterocycles. The van der Waals surface area contributed by atoms with Gasteiger partial charge in [0.25, 0.3) is 6.72 Å². The Morgan fingerprint density at radius 2 is 1.26 bits per heavy atom. The summed E-state index contributed by atoms with van der Waals surface area (Å²) in [6.07, 6.45) is 2.11. The lowest BCUT2D eigenvalue weighted by molar-refractivity contribution is -0.0709. The van der Waals surface area contributed by atoms with Gasteiger partial charge < -0.3 is 0 Å². The Morgan fingerprint density at radius 3 is 2.00 bits per heavy atom. The number of benzene rings is 4. The summed E-state index contributed by atoms with van der Waals surface area (Å²) in [6, 6.07) is 34.1. The summed E-state index contributed by atoms with van der Waals surface area (Å²) >= 11 is 0. The molecular formula is C37H36N5+. The quantitative estimate of drug-likeness (QED) is 0.0866. The van der Waals surface area contributed by atoms with Crippen LogP contribution in [0.3, 0.4) is 0 Å². The van der Waals surface area contributed by atoms with Crippen molar-refractivity contribution >= 4 is 6.72 Å². The maximum atomic E-state index is 4.45. The van der Waals surface area contributed by atoms with Crippen molar-refractivity contribution in [2.75, 3.05) is 7.05 Å². The second-order valence-corrected chi connectivity index (χ2v) is 10.7. The van der Waals surface area contributed by atoms with E-state index in [1.807, 2.05) is 11.7 Å². The van der Waals surface area contributed by atoms with Gasteiger partial charge in [-0.25, -0.2) is 4.68 Å². The first-order valence-electron chi connectivity index (χ1n) is 14.3. The van der Waals surface area contributed by atoms with Crippen LogP contribution < -0.4 is 0 Å². The molecule has 0 saturated heterocycles. The molecule has 5 nitrogen and oxygen atoms in total. The summed E-state index contributed by atoms with van der Waals surface area (Å²) in [5.41, 5.74) is 12.4. The molecule has 0 saturated carbocycles. The molecule has 2 unspecified atom stereocenters. The lowest BCUT2D eigenvalue weighted by Crippen LogP contribution is -2.07. The van der Waals surface area contributed by atoms with Crippen molar-refractivity contribution in [3.05, 3.63) is 130 Å². The van der Waals surface area contributed by atoms with E-state index in [9.17, 15) is 0 Å². The first-order valence-corrected chi connectivity index (χ1v) is 14.3. The molecule has 4 aromatic carbocycles. The molecule has 0 fully saturated rings. The van der Waals surface area contributed by atoms with Gasteiger partial charge in [0.1, 0.15) is 12.7 Å². The molecule has 0 N–H and O–H groups in total. The predicted molar refractivity (Wildman–Crippen MR) is 171 cm³/mol. The van der Waals surface area contributed by atoms with Crippen molar-refractivity contribution in [3.8, 4) is 34.4 Å². The second-order valence-electron chi connectivity index (χ2n) is 10.7. The van der Waals surface area contributed by atoms with Crippen LogP contribution >= 0.6 is 0 Å². The first kappa shape index (κ1) is 28.5. The number of nitrogens with zero attached hydrogens (tertiary/aromatic N) is 5. The third-order valence-corrected chi connectivity index (χ3v) is 7.88. The molecule has 0 bridgehead atoms. The van der Waals surface area contributed by atoms with Crippen LogP contribution in [0.25, 0.3) is 22.5 Å². The second kappa shape index (κ2) is 13.1. The highest BCUT2D eigenvalue weighted by Crippen LogP contribution is 2.40. The van der Waals surface area contributed by atoms with E-state index in [1.54, 1.807) is 7.05 Å². The van der Waals surface area contributed by atoms with Gasteiger partial charge in [0.05, 0.1) is 10.8 Å². The summed E-state index contributed by atoms with van der Waals surface area (Å²) in [4.78, 5) is 3.11. The zero-order valence-corrected chi connectivity index (χ0v) is 24.7. The molecule has 0 amide bonds. The van der Waals surface area contributed by atoms with E-state index in [2.05, 4.69) is 150 Å². The summed E-state index contributed by atoms with van der Waals surface area (Å²) in [6.45, 7) is 7.63. The van der Waals surface area contributed by atoms with E-state index < -0.39 is 0 Å². The largest absolute Gasteiger partial charge is 0.295 e. The molecule has 2 atom stereocenters. The molecule has 0 aliphatic heterocycles. The van der Waals surface area contributed by atoms with Crippen LogP contribution in [0.1, 0.15) is 59.1 Å². The van der Waals surface area contributed by atoms with Crippen molar-refractivity contribution in [1.29, 1.82) is 0 Å². The van der Waals surface area contributed by atoms with E-state index in [0.29, 0.717) is 11.8 Å². The van der Waals surface area contributed by atoms with Gasteiger partial charge in [0.2, 0.25) is 0 Å². The van der Waals surface area contributed by atoms with Crippen LogP contribution in [0, 0.1) is 11.8 Å². The molecule has 5 aromatic rings. The lowest BCUT2D eigenvalue weighted by Gasteiger charge is -2.21. The van der Waals surface area contributed by atoms with Crippen LogP contribution in [0.4, 0.5) is 0 Å². The molecule has 2 aliphatic rings. The molecule has 0 spiro atoms. The van der Waals surface area contributed by atoms with Crippen LogP contribution in [-0.2, 0) is 19.9 Å². The minimum absolute atomic E-state index is 0.470. The van der Waals surface area contributed by atoms with E-state index in [-0.39, 0.29) is 0 Å². The van der Waals surface area contributed by atoms with E-state index in [0.717, 1.165) is 24.2 Å². The average molecular weight is 551 g/mol. The molecule has 42 heavy (non-hydrogen) atoms. The zero-order valence-electron chi connectivity index (χ0n) is 24.7. The van der Waals surface area contributed by atoms with Gasteiger partial charge in [-0.1, -0.05) is 116 Å². The number of aromatic nitrogens is 3. The zero-order chi connectivity index (χ0) is 29.5. The number of hydrogen-bond donors (Lipinski definition) is 0. The topological polar surface area (TPSA) is 57.2 Å². The van der Waals surface area contributed by atoms with Crippen molar-refractivity contribution < 1.29 is 4.79 Å². The van der Waals surface area contributed by atoms with Crippen molar-refractivity contribution in [2.24, 2.45) is 12.2 Å². The van der Waals surface area contributed by atoms with E-state index in [1.165, 1.54) is 44.5 Å². The summed E-state index contributed by atoms with van der Waals surface area (Å²) in [5.74, 6) is 7.59. The average Bonchev–Trinajstić information content (AvgIpc) is 3.40. The van der Waals surface area contributed by atoms with Gasteiger partial charge in [-0.2, -0.15) is 0 Å². The van der Waals surface area contributed by atoms with E-state index in [4.69, 9.17) is 0 Å². The Balaban J connectivity index is 0.000000152. The Bertz CT molecular complexity index is 1810. The molecule has 208 valence electrons. The monoisotopic (exact) mass is 550 g/mol. The third kappa shape index (κ3) is 6.00. The van der Waals surface area contributed by atoms with Crippen LogP contribution in [-0.4, -0.2) is 33.5 Å².